The quantitative estimate of drug-likeness (QED) is 0.439. The zero-order chi connectivity index (χ0) is 7.15. The van der Waals surface area contributed by atoms with Crippen molar-refractivity contribution in [3.05, 3.63) is 0 Å². The van der Waals surface area contributed by atoms with Crippen LogP contribution < -0.4 is 11.3 Å². The number of carbonyl (C=O) groups is 2. The van der Waals surface area contributed by atoms with Crippen LogP contribution in [0.4, 0.5) is 4.79 Å². The van der Waals surface area contributed by atoms with E-state index in [-0.39, 0.29) is 25.6 Å². The molecule has 0 radical (unpaired) electrons. The van der Waals surface area contributed by atoms with E-state index in [1.165, 1.54) is 0 Å². The standard InChI is InChI=1S/C2H4O2.CH2O3.H3N.Zn/c1-2(3)4;2-1(3)4;;/h1H3,(H,3,4);(H2,2,3,4);1H3;/p-1. The Morgan fingerprint density at radius 2 is 1.30 bits per heavy atom. The number of rotatable bonds is 0. The topological polar surface area (TPSA) is 133 Å². The molecule has 0 spiro atoms. The third-order valence-corrected chi connectivity index (χ3v) is 0. The third kappa shape index (κ3) is 640. The fourth-order valence-electron chi connectivity index (χ4n) is 0. The predicted octanol–water partition coefficient (Wildman–Crippen LogP) is -0.862. The molecule has 0 aliphatic carbocycles. The number of carboxylic acid groups (broad SMARTS) is 3. The van der Waals surface area contributed by atoms with Gasteiger partial charge in [-0.3, -0.25) is 4.79 Å². The van der Waals surface area contributed by atoms with E-state index in [0.29, 0.717) is 0 Å². The van der Waals surface area contributed by atoms with Crippen molar-refractivity contribution in [3.8, 4) is 0 Å². The van der Waals surface area contributed by atoms with E-state index in [1.807, 2.05) is 0 Å². The molecule has 0 aliphatic rings. The van der Waals surface area contributed by atoms with E-state index in [9.17, 15) is 0 Å². The third-order valence-electron chi connectivity index (χ3n) is 0. The molecular formula is C3H8NO5Zn-. The molecule has 7 heteroatoms. The number of carboxylic acids is 1. The molecule has 0 saturated heterocycles. The number of hydrogen-bond acceptors (Lipinski definition) is 4. The van der Waals surface area contributed by atoms with Gasteiger partial charge in [-0.1, -0.05) is 0 Å². The Labute approximate surface area is 70.2 Å². The van der Waals surface area contributed by atoms with Gasteiger partial charge in [0.2, 0.25) is 6.16 Å². The Morgan fingerprint density at radius 3 is 1.30 bits per heavy atom. The normalized spacial score (nSPS) is 4.90. The molecule has 0 atom stereocenters. The largest absolute Gasteiger partial charge is 0.565 e. The van der Waals surface area contributed by atoms with Crippen molar-refractivity contribution in [2.24, 2.45) is 0 Å². The van der Waals surface area contributed by atoms with Gasteiger partial charge in [-0.15, -0.1) is 0 Å². The van der Waals surface area contributed by atoms with Crippen LogP contribution in [0.3, 0.4) is 0 Å². The summed E-state index contributed by atoms with van der Waals surface area (Å²) in [6.07, 6.45) is -2.08. The Balaban J connectivity index is -0.0000000300. The second-order valence-electron chi connectivity index (χ2n) is 0.785. The van der Waals surface area contributed by atoms with Gasteiger partial charge in [-0.2, -0.15) is 0 Å². The van der Waals surface area contributed by atoms with Gasteiger partial charge in [0.25, 0.3) is 5.97 Å². The second kappa shape index (κ2) is 15.8. The summed E-state index contributed by atoms with van der Waals surface area (Å²) in [6, 6.07) is 0. The molecule has 0 aromatic heterocycles. The molecule has 6 nitrogen and oxygen atoms in total. The van der Waals surface area contributed by atoms with Crippen LogP contribution in [0.25, 0.3) is 0 Å². The molecule has 0 fully saturated rings. The van der Waals surface area contributed by atoms with Crippen molar-refractivity contribution in [1.82, 2.24) is 6.15 Å². The molecule has 0 bridgehead atoms. The number of aliphatic carboxylic acids is 1. The average Bonchev–Trinajstić information content (AvgIpc) is 1.25. The summed E-state index contributed by atoms with van der Waals surface area (Å²) >= 11 is 0. The molecular weight excluding hydrogens is 195 g/mol. The van der Waals surface area contributed by atoms with Crippen molar-refractivity contribution in [2.75, 3.05) is 0 Å². The van der Waals surface area contributed by atoms with E-state index in [0.717, 1.165) is 6.92 Å². The van der Waals surface area contributed by atoms with Crippen LogP contribution >= 0.6 is 0 Å². The minimum absolute atomic E-state index is 0. The van der Waals surface area contributed by atoms with Crippen molar-refractivity contribution in [1.29, 1.82) is 0 Å². The van der Waals surface area contributed by atoms with Crippen molar-refractivity contribution >= 4 is 12.1 Å². The van der Waals surface area contributed by atoms with Crippen LogP contribution in [0, 0.1) is 0 Å². The first-order valence-electron chi connectivity index (χ1n) is 1.56. The summed E-state index contributed by atoms with van der Waals surface area (Å²) in [5, 5.41) is 22.7. The Hall–Kier alpha value is -0.677. The van der Waals surface area contributed by atoms with E-state index in [2.05, 4.69) is 0 Å². The minimum atomic E-state index is -2.08. The van der Waals surface area contributed by atoms with E-state index in [1.54, 1.807) is 0 Å². The fraction of sp³-hybridized carbons (Fsp3) is 0.333. The molecule has 0 aromatic carbocycles. The van der Waals surface area contributed by atoms with Gasteiger partial charge >= 0.3 is 0 Å². The maximum atomic E-state index is 9.00. The van der Waals surface area contributed by atoms with Gasteiger partial charge in [-0.05, 0) is 0 Å². The van der Waals surface area contributed by atoms with Crippen LogP contribution in [-0.2, 0) is 24.3 Å². The summed E-state index contributed by atoms with van der Waals surface area (Å²) in [5.74, 6) is -0.833. The first kappa shape index (κ1) is 22.8. The molecule has 0 amide bonds. The molecule has 0 rings (SSSR count). The maximum absolute atomic E-state index is 9.00. The molecule has 0 aromatic rings. The molecule has 0 heterocycles. The van der Waals surface area contributed by atoms with E-state index >= 15 is 0 Å². The molecule has 0 unspecified atom stereocenters. The minimum Gasteiger partial charge on any atom is -0.565 e. The van der Waals surface area contributed by atoms with Gasteiger partial charge < -0.3 is 26.3 Å². The van der Waals surface area contributed by atoms with Crippen molar-refractivity contribution < 1.29 is 44.4 Å². The van der Waals surface area contributed by atoms with Gasteiger partial charge in [0.1, 0.15) is 0 Å². The van der Waals surface area contributed by atoms with Gasteiger partial charge in [0.15, 0.2) is 0 Å². The van der Waals surface area contributed by atoms with Crippen LogP contribution in [0.2, 0.25) is 0 Å². The average molecular weight is 203 g/mol. The van der Waals surface area contributed by atoms with Crippen LogP contribution in [0.1, 0.15) is 6.92 Å². The SMILES string of the molecule is CC(=O)O.N.O=C([O-])O.[Zn]. The summed E-state index contributed by atoms with van der Waals surface area (Å²) in [7, 11) is 0. The molecule has 0 aliphatic heterocycles. The summed E-state index contributed by atoms with van der Waals surface area (Å²) < 4.78 is 0. The van der Waals surface area contributed by atoms with Gasteiger partial charge in [-0.25, -0.2) is 0 Å². The second-order valence-corrected chi connectivity index (χ2v) is 0.785. The monoisotopic (exact) mass is 202 g/mol. The van der Waals surface area contributed by atoms with Gasteiger partial charge in [0.05, 0.1) is 0 Å². The summed E-state index contributed by atoms with van der Waals surface area (Å²) in [6.45, 7) is 1.08. The summed E-state index contributed by atoms with van der Waals surface area (Å²) in [4.78, 5) is 17.4. The van der Waals surface area contributed by atoms with Crippen LogP contribution in [0.15, 0.2) is 0 Å². The fourth-order valence-corrected chi connectivity index (χ4v) is 0. The van der Waals surface area contributed by atoms with E-state index < -0.39 is 12.1 Å². The van der Waals surface area contributed by atoms with E-state index in [4.69, 9.17) is 24.9 Å². The maximum Gasteiger partial charge on any atom is 0.300 e. The van der Waals surface area contributed by atoms with Crippen molar-refractivity contribution in [2.45, 2.75) is 6.92 Å². The zero-order valence-corrected chi connectivity index (χ0v) is 8.50. The molecule has 0 saturated carbocycles. The van der Waals surface area contributed by atoms with Gasteiger partial charge in [0, 0.05) is 26.4 Å². The Kier molecular flexibility index (Phi) is 35.9. The molecule has 5 N–H and O–H groups in total. The first-order chi connectivity index (χ1) is 3.46. The zero-order valence-electron chi connectivity index (χ0n) is 5.53. The Morgan fingerprint density at radius 1 is 1.30 bits per heavy atom. The van der Waals surface area contributed by atoms with Crippen LogP contribution in [0.5, 0.6) is 0 Å². The molecule has 58 valence electrons. The molecule has 10 heavy (non-hydrogen) atoms. The van der Waals surface area contributed by atoms with Crippen molar-refractivity contribution in [3.63, 3.8) is 0 Å². The number of hydrogen-bond donors (Lipinski definition) is 3. The smallest absolute Gasteiger partial charge is 0.300 e. The Bertz CT molecular complexity index is 74.9. The summed E-state index contributed by atoms with van der Waals surface area (Å²) in [5.41, 5.74) is 0. The van der Waals surface area contributed by atoms with Crippen LogP contribution in [-0.4, -0.2) is 22.3 Å². The first-order valence-corrected chi connectivity index (χ1v) is 1.56. The predicted molar refractivity (Wildman–Crippen MR) is 26.4 cm³/mol.